The fraction of sp³-hybridized carbons (Fsp3) is 0.227. The van der Waals surface area contributed by atoms with Crippen molar-refractivity contribution in [3.63, 3.8) is 0 Å². The Morgan fingerprint density at radius 1 is 1.20 bits per heavy atom. The minimum absolute atomic E-state index is 0.0882. The van der Waals surface area contributed by atoms with Crippen molar-refractivity contribution < 1.29 is 18.3 Å². The molecule has 1 amide bonds. The zero-order valence-electron chi connectivity index (χ0n) is 16.0. The molecular formula is C22H19F2N3O2S. The minimum Gasteiger partial charge on any atom is -0.435 e. The smallest absolute Gasteiger partial charge is 0.387 e. The molecule has 0 fully saturated rings. The number of halogens is 2. The highest BCUT2D eigenvalue weighted by atomic mass is 32.1. The summed E-state index contributed by atoms with van der Waals surface area (Å²) in [4.78, 5) is 22.8. The largest absolute Gasteiger partial charge is 0.435 e. The number of carbonyl (C=O) groups excluding carboxylic acids is 1. The predicted molar refractivity (Wildman–Crippen MR) is 113 cm³/mol. The number of aromatic nitrogens is 1. The van der Waals surface area contributed by atoms with Crippen molar-refractivity contribution in [2.75, 3.05) is 5.32 Å². The van der Waals surface area contributed by atoms with Gasteiger partial charge in [0.25, 0.3) is 5.91 Å². The lowest BCUT2D eigenvalue weighted by atomic mass is 9.95. The van der Waals surface area contributed by atoms with Crippen LogP contribution < -0.4 is 10.1 Å². The van der Waals surface area contributed by atoms with Crippen LogP contribution in [0.15, 0.2) is 53.8 Å². The molecule has 0 saturated heterocycles. The van der Waals surface area contributed by atoms with E-state index in [9.17, 15) is 13.6 Å². The molecule has 4 rings (SSSR count). The van der Waals surface area contributed by atoms with Gasteiger partial charge in [0.1, 0.15) is 10.8 Å². The second-order valence-electron chi connectivity index (χ2n) is 6.79. The normalized spacial score (nSPS) is 13.4. The number of ether oxygens (including phenoxy) is 1. The number of anilines is 1. The van der Waals surface area contributed by atoms with Gasteiger partial charge in [0.05, 0.1) is 17.4 Å². The summed E-state index contributed by atoms with van der Waals surface area (Å²) in [6.45, 7) is -2.86. The first-order valence-corrected chi connectivity index (χ1v) is 10.4. The van der Waals surface area contributed by atoms with E-state index in [0.29, 0.717) is 16.3 Å². The summed E-state index contributed by atoms with van der Waals surface area (Å²) in [6.07, 6.45) is 8.83. The molecule has 0 aliphatic heterocycles. The van der Waals surface area contributed by atoms with Gasteiger partial charge >= 0.3 is 6.61 Å². The summed E-state index contributed by atoms with van der Waals surface area (Å²) in [5, 5.41) is 3.55. The SMILES string of the molecule is O=C(Nc1cccnc1)c1c(N=Cc2ccc(OC(F)F)cc2)sc2c1CCCC2. The van der Waals surface area contributed by atoms with Crippen LogP contribution in [0.25, 0.3) is 0 Å². The molecule has 8 heteroatoms. The molecule has 0 radical (unpaired) electrons. The van der Waals surface area contributed by atoms with Gasteiger partial charge in [0.2, 0.25) is 0 Å². The quantitative estimate of drug-likeness (QED) is 0.519. The predicted octanol–water partition coefficient (Wildman–Crippen LogP) is 5.63. The average Bonchev–Trinajstić information content (AvgIpc) is 3.12. The third-order valence-corrected chi connectivity index (χ3v) is 5.94. The number of benzene rings is 1. The zero-order valence-corrected chi connectivity index (χ0v) is 16.8. The summed E-state index contributed by atoms with van der Waals surface area (Å²) in [5.74, 6) is -0.111. The van der Waals surface area contributed by atoms with Gasteiger partial charge in [-0.15, -0.1) is 11.3 Å². The minimum atomic E-state index is -2.86. The standard InChI is InChI=1S/C22H19F2N3O2S/c23-22(24)29-16-9-7-14(8-10-16)12-26-21-19(17-5-1-2-6-18(17)30-21)20(28)27-15-4-3-11-25-13-15/h3-4,7-13,22H,1-2,5-6H2,(H,27,28). The van der Waals surface area contributed by atoms with Crippen molar-refractivity contribution in [1.82, 2.24) is 4.98 Å². The van der Waals surface area contributed by atoms with Gasteiger partial charge in [-0.2, -0.15) is 8.78 Å². The number of hydrogen-bond donors (Lipinski definition) is 1. The molecule has 0 unspecified atom stereocenters. The summed E-state index contributed by atoms with van der Waals surface area (Å²) in [5.41, 5.74) is 3.03. The molecule has 0 spiro atoms. The number of nitrogens with zero attached hydrogens (tertiary/aromatic N) is 2. The molecule has 0 saturated carbocycles. The first-order valence-electron chi connectivity index (χ1n) is 9.55. The van der Waals surface area contributed by atoms with Gasteiger partial charge in [0.15, 0.2) is 0 Å². The van der Waals surface area contributed by atoms with E-state index in [0.717, 1.165) is 36.8 Å². The van der Waals surface area contributed by atoms with Crippen LogP contribution >= 0.6 is 11.3 Å². The maximum Gasteiger partial charge on any atom is 0.387 e. The lowest BCUT2D eigenvalue weighted by molar-refractivity contribution is -0.0498. The van der Waals surface area contributed by atoms with E-state index in [4.69, 9.17) is 0 Å². The van der Waals surface area contributed by atoms with E-state index < -0.39 is 6.61 Å². The fourth-order valence-electron chi connectivity index (χ4n) is 3.38. The van der Waals surface area contributed by atoms with Gasteiger partial charge in [-0.3, -0.25) is 9.78 Å². The highest BCUT2D eigenvalue weighted by Gasteiger charge is 2.25. The molecule has 0 bridgehead atoms. The van der Waals surface area contributed by atoms with E-state index in [1.165, 1.54) is 28.3 Å². The number of fused-ring (bicyclic) bond motifs is 1. The monoisotopic (exact) mass is 427 g/mol. The Labute approximate surface area is 176 Å². The van der Waals surface area contributed by atoms with Crippen LogP contribution in [-0.2, 0) is 12.8 Å². The van der Waals surface area contributed by atoms with E-state index in [1.807, 2.05) is 0 Å². The second kappa shape index (κ2) is 9.13. The van der Waals surface area contributed by atoms with Gasteiger partial charge in [-0.05, 0) is 73.2 Å². The number of hydrogen-bond acceptors (Lipinski definition) is 5. The summed E-state index contributed by atoms with van der Waals surface area (Å²) in [7, 11) is 0. The van der Waals surface area contributed by atoms with Crippen LogP contribution in [0.1, 0.15) is 39.2 Å². The van der Waals surface area contributed by atoms with Crippen molar-refractivity contribution in [2.24, 2.45) is 4.99 Å². The molecule has 1 aromatic carbocycles. The van der Waals surface area contributed by atoms with Crippen LogP contribution in [0, 0.1) is 0 Å². The molecule has 1 aliphatic carbocycles. The van der Waals surface area contributed by atoms with Crippen LogP contribution in [0.4, 0.5) is 19.5 Å². The third-order valence-electron chi connectivity index (χ3n) is 4.74. The molecule has 0 atom stereocenters. The van der Waals surface area contributed by atoms with E-state index >= 15 is 0 Å². The van der Waals surface area contributed by atoms with Gasteiger partial charge in [0, 0.05) is 17.3 Å². The van der Waals surface area contributed by atoms with E-state index in [-0.39, 0.29) is 11.7 Å². The first kappa shape index (κ1) is 20.2. The maximum absolute atomic E-state index is 13.0. The maximum atomic E-state index is 13.0. The van der Waals surface area contributed by atoms with Gasteiger partial charge in [-0.25, -0.2) is 4.99 Å². The van der Waals surface area contributed by atoms with E-state index in [1.54, 1.807) is 42.9 Å². The molecule has 1 N–H and O–H groups in total. The van der Waals surface area contributed by atoms with Crippen LogP contribution in [0.5, 0.6) is 5.75 Å². The Balaban J connectivity index is 1.60. The topological polar surface area (TPSA) is 63.6 Å². The highest BCUT2D eigenvalue weighted by molar-refractivity contribution is 7.16. The summed E-state index contributed by atoms with van der Waals surface area (Å²) >= 11 is 1.53. The Morgan fingerprint density at radius 3 is 2.73 bits per heavy atom. The van der Waals surface area contributed by atoms with Crippen molar-refractivity contribution in [2.45, 2.75) is 32.3 Å². The van der Waals surface area contributed by atoms with Crippen molar-refractivity contribution in [3.8, 4) is 5.75 Å². The Morgan fingerprint density at radius 2 is 2.00 bits per heavy atom. The van der Waals surface area contributed by atoms with Gasteiger partial charge in [-0.1, -0.05) is 0 Å². The zero-order chi connectivity index (χ0) is 20.9. The number of thiophene rings is 1. The third kappa shape index (κ3) is 4.71. The van der Waals surface area contributed by atoms with Crippen LogP contribution in [-0.4, -0.2) is 23.7 Å². The Bertz CT molecular complexity index is 1050. The fourth-order valence-corrected chi connectivity index (χ4v) is 4.61. The summed E-state index contributed by atoms with van der Waals surface area (Å²) < 4.78 is 28.9. The molecule has 30 heavy (non-hydrogen) atoms. The number of amides is 1. The van der Waals surface area contributed by atoms with E-state index in [2.05, 4.69) is 20.0 Å². The van der Waals surface area contributed by atoms with Crippen molar-refractivity contribution in [3.05, 3.63) is 70.4 Å². The molecule has 2 aromatic heterocycles. The number of aliphatic imine (C=N–C) groups is 1. The molecule has 3 aromatic rings. The second-order valence-corrected chi connectivity index (χ2v) is 7.88. The molecule has 1 aliphatic rings. The molecular weight excluding hydrogens is 408 g/mol. The Kier molecular flexibility index (Phi) is 6.13. The Hall–Kier alpha value is -3.13. The number of aryl methyl sites for hydroxylation is 1. The number of rotatable bonds is 6. The average molecular weight is 427 g/mol. The molecule has 154 valence electrons. The number of alkyl halides is 2. The first-order chi connectivity index (χ1) is 14.6. The number of nitrogens with one attached hydrogen (secondary N) is 1. The highest BCUT2D eigenvalue weighted by Crippen LogP contribution is 2.40. The van der Waals surface area contributed by atoms with Crippen LogP contribution in [0.3, 0.4) is 0 Å². The van der Waals surface area contributed by atoms with Crippen LogP contribution in [0.2, 0.25) is 0 Å². The van der Waals surface area contributed by atoms with Crippen molar-refractivity contribution >= 4 is 34.1 Å². The molecule has 2 heterocycles. The summed E-state index contributed by atoms with van der Waals surface area (Å²) in [6, 6.07) is 9.76. The lowest BCUT2D eigenvalue weighted by Crippen LogP contribution is -2.14. The number of carbonyl (C=O) groups is 1. The lowest BCUT2D eigenvalue weighted by Gasteiger charge is -2.12. The number of pyridine rings is 1. The van der Waals surface area contributed by atoms with Crippen molar-refractivity contribution in [1.29, 1.82) is 0 Å². The van der Waals surface area contributed by atoms with Gasteiger partial charge < -0.3 is 10.1 Å². The molecule has 5 nitrogen and oxygen atoms in total.